The first-order valence-corrected chi connectivity index (χ1v) is 11.7. The first kappa shape index (κ1) is 22.6. The standard InChI is InChI=1S/C29H26FN3O2/c30-24-12-7-21(8-13-24)20-35-28-16-11-22-5-1-2-6-26(22)27(28)19-31-32-29(34)23-9-14-25(15-10-23)33-17-3-4-18-33/h1-2,5-16,19H,3-4,17-18,20H2,(H,32,34)/b31-19-. The number of halogens is 1. The van der Waals surface area contributed by atoms with Crippen LogP contribution in [0, 0.1) is 5.82 Å². The average molecular weight is 468 g/mol. The molecule has 5 rings (SSSR count). The van der Waals surface area contributed by atoms with Crippen LogP contribution in [-0.4, -0.2) is 25.2 Å². The number of carbonyl (C=O) groups is 1. The van der Waals surface area contributed by atoms with E-state index in [1.807, 2.05) is 60.7 Å². The summed E-state index contributed by atoms with van der Waals surface area (Å²) in [6.45, 7) is 2.41. The van der Waals surface area contributed by atoms with Crippen molar-refractivity contribution < 1.29 is 13.9 Å². The molecule has 6 heteroatoms. The van der Waals surface area contributed by atoms with Gasteiger partial charge in [0, 0.05) is 29.9 Å². The van der Waals surface area contributed by atoms with E-state index in [0.717, 1.165) is 40.7 Å². The quantitative estimate of drug-likeness (QED) is 0.271. The fraction of sp³-hybridized carbons (Fsp3) is 0.172. The Labute approximate surface area is 203 Å². The van der Waals surface area contributed by atoms with E-state index in [0.29, 0.717) is 11.3 Å². The highest BCUT2D eigenvalue weighted by atomic mass is 19.1. The summed E-state index contributed by atoms with van der Waals surface area (Å²) in [7, 11) is 0. The van der Waals surface area contributed by atoms with Crippen LogP contribution in [-0.2, 0) is 6.61 Å². The van der Waals surface area contributed by atoms with Crippen molar-refractivity contribution in [3.05, 3.63) is 107 Å². The summed E-state index contributed by atoms with van der Waals surface area (Å²) < 4.78 is 19.3. The zero-order valence-corrected chi connectivity index (χ0v) is 19.3. The number of hydrogen-bond acceptors (Lipinski definition) is 4. The molecule has 0 radical (unpaired) electrons. The van der Waals surface area contributed by atoms with Crippen LogP contribution in [0.3, 0.4) is 0 Å². The van der Waals surface area contributed by atoms with Crippen molar-refractivity contribution in [2.24, 2.45) is 5.10 Å². The Morgan fingerprint density at radius 1 is 0.943 bits per heavy atom. The molecule has 35 heavy (non-hydrogen) atoms. The van der Waals surface area contributed by atoms with E-state index in [-0.39, 0.29) is 18.3 Å². The van der Waals surface area contributed by atoms with E-state index in [9.17, 15) is 9.18 Å². The molecule has 0 unspecified atom stereocenters. The number of ether oxygens (including phenoxy) is 1. The van der Waals surface area contributed by atoms with Crippen molar-refractivity contribution in [3.63, 3.8) is 0 Å². The molecule has 1 aliphatic rings. The van der Waals surface area contributed by atoms with Crippen molar-refractivity contribution in [3.8, 4) is 5.75 Å². The maximum absolute atomic E-state index is 13.2. The van der Waals surface area contributed by atoms with Gasteiger partial charge < -0.3 is 9.64 Å². The molecule has 4 aromatic rings. The van der Waals surface area contributed by atoms with Gasteiger partial charge in [-0.15, -0.1) is 0 Å². The summed E-state index contributed by atoms with van der Waals surface area (Å²) in [5.41, 5.74) is 5.93. The van der Waals surface area contributed by atoms with E-state index < -0.39 is 0 Å². The minimum Gasteiger partial charge on any atom is -0.488 e. The third kappa shape index (κ3) is 5.32. The SMILES string of the molecule is O=C(N/N=C\c1c(OCc2ccc(F)cc2)ccc2ccccc12)c1ccc(N2CCCC2)cc1. The number of fused-ring (bicyclic) bond motifs is 1. The Bertz CT molecular complexity index is 1340. The molecule has 4 aromatic carbocycles. The van der Waals surface area contributed by atoms with E-state index in [2.05, 4.69) is 15.4 Å². The van der Waals surface area contributed by atoms with Crippen LogP contribution in [0.2, 0.25) is 0 Å². The minimum absolute atomic E-state index is 0.275. The van der Waals surface area contributed by atoms with Crippen LogP contribution in [0.4, 0.5) is 10.1 Å². The fourth-order valence-electron chi connectivity index (χ4n) is 4.30. The predicted octanol–water partition coefficient (Wildman–Crippen LogP) is 5.92. The summed E-state index contributed by atoms with van der Waals surface area (Å²) >= 11 is 0. The molecule has 1 N–H and O–H groups in total. The zero-order chi connectivity index (χ0) is 24.0. The molecule has 176 valence electrons. The molecule has 0 bridgehead atoms. The van der Waals surface area contributed by atoms with Gasteiger partial charge >= 0.3 is 0 Å². The maximum Gasteiger partial charge on any atom is 0.271 e. The second-order valence-corrected chi connectivity index (χ2v) is 8.55. The van der Waals surface area contributed by atoms with Gasteiger partial charge in [0.1, 0.15) is 18.2 Å². The number of carbonyl (C=O) groups excluding carboxylic acids is 1. The highest BCUT2D eigenvalue weighted by Gasteiger charge is 2.13. The molecule has 0 aliphatic carbocycles. The van der Waals surface area contributed by atoms with Crippen molar-refractivity contribution >= 4 is 28.6 Å². The second-order valence-electron chi connectivity index (χ2n) is 8.55. The maximum atomic E-state index is 13.2. The third-order valence-corrected chi connectivity index (χ3v) is 6.20. The lowest BCUT2D eigenvalue weighted by atomic mass is 10.0. The van der Waals surface area contributed by atoms with Gasteiger partial charge in [0.25, 0.3) is 5.91 Å². The van der Waals surface area contributed by atoms with Crippen LogP contribution >= 0.6 is 0 Å². The van der Waals surface area contributed by atoms with Crippen LogP contribution in [0.5, 0.6) is 5.75 Å². The summed E-state index contributed by atoms with van der Waals surface area (Å²) in [6, 6.07) is 25.6. The lowest BCUT2D eigenvalue weighted by Gasteiger charge is -2.17. The molecule has 1 saturated heterocycles. The van der Waals surface area contributed by atoms with E-state index in [1.165, 1.54) is 25.0 Å². The summed E-state index contributed by atoms with van der Waals surface area (Å²) in [5, 5.41) is 6.22. The molecule has 0 atom stereocenters. The first-order valence-electron chi connectivity index (χ1n) is 11.7. The lowest BCUT2D eigenvalue weighted by molar-refractivity contribution is 0.0955. The Balaban J connectivity index is 1.32. The van der Waals surface area contributed by atoms with Gasteiger partial charge in [-0.1, -0.05) is 42.5 Å². The molecule has 1 heterocycles. The number of hydrogen-bond donors (Lipinski definition) is 1. The number of amides is 1. The third-order valence-electron chi connectivity index (χ3n) is 6.20. The second kappa shape index (κ2) is 10.4. The Morgan fingerprint density at radius 3 is 2.46 bits per heavy atom. The monoisotopic (exact) mass is 467 g/mol. The highest BCUT2D eigenvalue weighted by Crippen LogP contribution is 2.27. The first-order chi connectivity index (χ1) is 17.2. The Hall–Kier alpha value is -4.19. The molecule has 0 aromatic heterocycles. The molecule has 0 spiro atoms. The molecular formula is C29H26FN3O2. The molecule has 1 amide bonds. The largest absolute Gasteiger partial charge is 0.488 e. The fourth-order valence-corrected chi connectivity index (χ4v) is 4.30. The van der Waals surface area contributed by atoms with Crippen LogP contribution < -0.4 is 15.1 Å². The zero-order valence-electron chi connectivity index (χ0n) is 19.3. The molecular weight excluding hydrogens is 441 g/mol. The number of rotatable bonds is 7. The molecule has 1 fully saturated rings. The average Bonchev–Trinajstić information content (AvgIpc) is 3.44. The summed E-state index contributed by atoms with van der Waals surface area (Å²) in [6.07, 6.45) is 4.03. The topological polar surface area (TPSA) is 53.9 Å². The normalized spacial score (nSPS) is 13.5. The number of benzene rings is 4. The highest BCUT2D eigenvalue weighted by molar-refractivity contribution is 6.03. The lowest BCUT2D eigenvalue weighted by Crippen LogP contribution is -2.19. The number of anilines is 1. The van der Waals surface area contributed by atoms with Crippen LogP contribution in [0.15, 0.2) is 90.0 Å². The van der Waals surface area contributed by atoms with Crippen molar-refractivity contribution in [1.82, 2.24) is 5.43 Å². The van der Waals surface area contributed by atoms with Gasteiger partial charge in [-0.2, -0.15) is 5.10 Å². The van der Waals surface area contributed by atoms with Gasteiger partial charge in [-0.25, -0.2) is 9.82 Å². The van der Waals surface area contributed by atoms with Crippen molar-refractivity contribution in [2.75, 3.05) is 18.0 Å². The van der Waals surface area contributed by atoms with E-state index in [1.54, 1.807) is 18.3 Å². The number of hydrazone groups is 1. The van der Waals surface area contributed by atoms with Gasteiger partial charge in [0.15, 0.2) is 0 Å². The predicted molar refractivity (Wildman–Crippen MR) is 138 cm³/mol. The van der Waals surface area contributed by atoms with Crippen molar-refractivity contribution in [1.29, 1.82) is 0 Å². The Kier molecular flexibility index (Phi) is 6.70. The minimum atomic E-state index is -0.284. The van der Waals surface area contributed by atoms with Crippen molar-refractivity contribution in [2.45, 2.75) is 19.4 Å². The molecule has 0 saturated carbocycles. The number of nitrogens with zero attached hydrogens (tertiary/aromatic N) is 2. The Morgan fingerprint density at radius 2 is 1.69 bits per heavy atom. The smallest absolute Gasteiger partial charge is 0.271 e. The van der Waals surface area contributed by atoms with Gasteiger partial charge in [-0.3, -0.25) is 4.79 Å². The summed E-state index contributed by atoms with van der Waals surface area (Å²) in [5.74, 6) is 0.0675. The molecule has 5 nitrogen and oxygen atoms in total. The van der Waals surface area contributed by atoms with E-state index in [4.69, 9.17) is 4.74 Å². The van der Waals surface area contributed by atoms with Crippen LogP contribution in [0.25, 0.3) is 10.8 Å². The van der Waals surface area contributed by atoms with Crippen LogP contribution in [0.1, 0.15) is 34.3 Å². The number of nitrogens with one attached hydrogen (secondary N) is 1. The molecule has 1 aliphatic heterocycles. The van der Waals surface area contributed by atoms with Gasteiger partial charge in [-0.05, 0) is 71.6 Å². The van der Waals surface area contributed by atoms with Gasteiger partial charge in [0.05, 0.1) is 6.21 Å². The van der Waals surface area contributed by atoms with Gasteiger partial charge in [0.2, 0.25) is 0 Å². The van der Waals surface area contributed by atoms with E-state index >= 15 is 0 Å². The summed E-state index contributed by atoms with van der Waals surface area (Å²) in [4.78, 5) is 15.0.